The molecule has 0 saturated carbocycles. The Kier molecular flexibility index (Phi) is 5.20. The third kappa shape index (κ3) is 4.30. The minimum Gasteiger partial charge on any atom is -0.352 e. The maximum Gasteiger partial charge on any atom is 0.271 e. The second kappa shape index (κ2) is 7.56. The first-order valence-corrected chi connectivity index (χ1v) is 8.74. The van der Waals surface area contributed by atoms with E-state index >= 15 is 0 Å². The van der Waals surface area contributed by atoms with E-state index in [2.05, 4.69) is 15.5 Å². The third-order valence-corrected chi connectivity index (χ3v) is 4.35. The highest BCUT2D eigenvalue weighted by molar-refractivity contribution is 5.81. The van der Waals surface area contributed by atoms with Crippen molar-refractivity contribution >= 4 is 22.5 Å². The first-order valence-electron chi connectivity index (χ1n) is 8.74. The van der Waals surface area contributed by atoms with Crippen LogP contribution in [0.25, 0.3) is 10.9 Å². The second-order valence-corrected chi connectivity index (χ2v) is 6.70. The average Bonchev–Trinajstić information content (AvgIpc) is 3.14. The van der Waals surface area contributed by atoms with Gasteiger partial charge in [0.05, 0.1) is 35.4 Å². The molecule has 1 unspecified atom stereocenters. The molecule has 9 heteroatoms. The van der Waals surface area contributed by atoms with Crippen molar-refractivity contribution in [2.75, 3.05) is 0 Å². The normalized spacial score (nSPS) is 12.3. The number of nitrogens with zero attached hydrogens (tertiary/aromatic N) is 5. The van der Waals surface area contributed by atoms with Crippen molar-refractivity contribution in [3.05, 3.63) is 52.0 Å². The van der Waals surface area contributed by atoms with E-state index in [9.17, 15) is 14.9 Å². The van der Waals surface area contributed by atoms with Gasteiger partial charge in [0.25, 0.3) is 5.69 Å². The quantitative estimate of drug-likeness (QED) is 0.507. The van der Waals surface area contributed by atoms with E-state index in [4.69, 9.17) is 0 Å². The summed E-state index contributed by atoms with van der Waals surface area (Å²) in [5.41, 5.74) is 2.66. The van der Waals surface area contributed by atoms with Crippen LogP contribution in [0.2, 0.25) is 0 Å². The monoisotopic (exact) mass is 370 g/mol. The first-order chi connectivity index (χ1) is 12.8. The molecule has 142 valence electrons. The molecule has 0 radical (unpaired) electrons. The van der Waals surface area contributed by atoms with E-state index in [1.807, 2.05) is 31.5 Å². The Hall–Kier alpha value is -3.23. The molecular weight excluding hydrogens is 348 g/mol. The van der Waals surface area contributed by atoms with Crippen LogP contribution in [0.4, 0.5) is 5.69 Å². The number of hydrogen-bond donors (Lipinski definition) is 1. The average molecular weight is 370 g/mol. The number of carbonyl (C=O) groups is 1. The van der Waals surface area contributed by atoms with Gasteiger partial charge in [-0.1, -0.05) is 0 Å². The highest BCUT2D eigenvalue weighted by atomic mass is 16.6. The summed E-state index contributed by atoms with van der Waals surface area (Å²) in [4.78, 5) is 22.8. The van der Waals surface area contributed by atoms with Gasteiger partial charge in [-0.2, -0.15) is 10.2 Å². The van der Waals surface area contributed by atoms with E-state index in [-0.39, 0.29) is 24.1 Å². The second-order valence-electron chi connectivity index (χ2n) is 6.70. The zero-order valence-corrected chi connectivity index (χ0v) is 15.5. The lowest BCUT2D eigenvalue weighted by atomic mass is 10.2. The molecule has 0 aliphatic carbocycles. The topological polar surface area (TPSA) is 108 Å². The van der Waals surface area contributed by atoms with Crippen LogP contribution >= 0.6 is 0 Å². The van der Waals surface area contributed by atoms with Gasteiger partial charge in [-0.15, -0.1) is 0 Å². The Balaban J connectivity index is 1.59. The van der Waals surface area contributed by atoms with Crippen LogP contribution in [0.5, 0.6) is 0 Å². The van der Waals surface area contributed by atoms with Crippen molar-refractivity contribution < 1.29 is 9.72 Å². The minimum absolute atomic E-state index is 0.00668. The molecule has 0 bridgehead atoms. The number of hydrogen-bond acceptors (Lipinski definition) is 5. The smallest absolute Gasteiger partial charge is 0.271 e. The molecule has 0 fully saturated rings. The number of nitrogens with one attached hydrogen (secondary N) is 1. The lowest BCUT2D eigenvalue weighted by Crippen LogP contribution is -2.36. The summed E-state index contributed by atoms with van der Waals surface area (Å²) in [5.74, 6) is -0.0990. The fourth-order valence-corrected chi connectivity index (χ4v) is 3.07. The van der Waals surface area contributed by atoms with Crippen molar-refractivity contribution in [3.63, 3.8) is 0 Å². The van der Waals surface area contributed by atoms with Gasteiger partial charge in [0.15, 0.2) is 0 Å². The Labute approximate surface area is 156 Å². The zero-order valence-electron chi connectivity index (χ0n) is 15.5. The standard InChI is InChI=1S/C18H22N6O3/c1-12-8-14(3)23(21-12)11-13(2)20-18(25)6-7-22-17-9-16(24(26)27)5-4-15(17)10-19-22/h4-5,8-10,13H,6-7,11H2,1-3H3,(H,20,25). The number of non-ortho nitro benzene ring substituents is 1. The molecule has 0 saturated heterocycles. The molecule has 2 aromatic heterocycles. The summed E-state index contributed by atoms with van der Waals surface area (Å²) >= 11 is 0. The Morgan fingerprint density at radius 3 is 2.74 bits per heavy atom. The summed E-state index contributed by atoms with van der Waals surface area (Å²) in [5, 5.41) is 23.3. The molecule has 2 heterocycles. The summed E-state index contributed by atoms with van der Waals surface area (Å²) in [6.07, 6.45) is 1.88. The lowest BCUT2D eigenvalue weighted by Gasteiger charge is -2.15. The van der Waals surface area contributed by atoms with Crippen LogP contribution in [0.1, 0.15) is 24.7 Å². The van der Waals surface area contributed by atoms with Crippen molar-refractivity contribution in [2.45, 2.75) is 46.3 Å². The molecule has 1 amide bonds. The first kappa shape index (κ1) is 18.6. The summed E-state index contributed by atoms with van der Waals surface area (Å²) in [6.45, 7) is 6.80. The number of nitro groups is 1. The lowest BCUT2D eigenvalue weighted by molar-refractivity contribution is -0.384. The molecule has 27 heavy (non-hydrogen) atoms. The number of rotatable bonds is 7. The SMILES string of the molecule is Cc1cc(C)n(CC(C)NC(=O)CCn2ncc3ccc([N+](=O)[O-])cc32)n1. The van der Waals surface area contributed by atoms with Gasteiger partial charge in [-0.3, -0.25) is 24.3 Å². The highest BCUT2D eigenvalue weighted by Gasteiger charge is 2.13. The number of fused-ring (bicyclic) bond motifs is 1. The number of amides is 1. The summed E-state index contributed by atoms with van der Waals surface area (Å²) in [7, 11) is 0. The molecule has 0 spiro atoms. The zero-order chi connectivity index (χ0) is 19.6. The molecule has 1 aromatic carbocycles. The van der Waals surface area contributed by atoms with Gasteiger partial charge in [-0.05, 0) is 32.9 Å². The highest BCUT2D eigenvalue weighted by Crippen LogP contribution is 2.20. The summed E-state index contributed by atoms with van der Waals surface area (Å²) in [6, 6.07) is 6.52. The predicted molar refractivity (Wildman–Crippen MR) is 100 cm³/mol. The molecule has 0 aliphatic heterocycles. The van der Waals surface area contributed by atoms with E-state index in [0.717, 1.165) is 16.8 Å². The molecule has 3 rings (SSSR count). The van der Waals surface area contributed by atoms with E-state index in [0.29, 0.717) is 18.6 Å². The Morgan fingerprint density at radius 1 is 1.30 bits per heavy atom. The van der Waals surface area contributed by atoms with Crippen LogP contribution in [-0.4, -0.2) is 36.4 Å². The molecule has 0 aliphatic rings. The van der Waals surface area contributed by atoms with Gasteiger partial charge in [0.2, 0.25) is 5.91 Å². The largest absolute Gasteiger partial charge is 0.352 e. The van der Waals surface area contributed by atoms with Crippen molar-refractivity contribution in [3.8, 4) is 0 Å². The van der Waals surface area contributed by atoms with Crippen LogP contribution in [0, 0.1) is 24.0 Å². The molecular formula is C18H22N6O3. The van der Waals surface area contributed by atoms with Crippen LogP contribution in [0.15, 0.2) is 30.5 Å². The molecule has 1 N–H and O–H groups in total. The summed E-state index contributed by atoms with van der Waals surface area (Å²) < 4.78 is 3.49. The molecule has 1 atom stereocenters. The maximum absolute atomic E-state index is 12.3. The van der Waals surface area contributed by atoms with E-state index in [1.165, 1.54) is 12.1 Å². The van der Waals surface area contributed by atoms with Crippen LogP contribution in [-0.2, 0) is 17.9 Å². The van der Waals surface area contributed by atoms with Crippen molar-refractivity contribution in [1.82, 2.24) is 24.9 Å². The van der Waals surface area contributed by atoms with Crippen LogP contribution in [0.3, 0.4) is 0 Å². The van der Waals surface area contributed by atoms with Gasteiger partial charge in [0.1, 0.15) is 0 Å². The predicted octanol–water partition coefficient (Wildman–Crippen LogP) is 2.35. The maximum atomic E-state index is 12.3. The van der Waals surface area contributed by atoms with Crippen molar-refractivity contribution in [1.29, 1.82) is 0 Å². The third-order valence-electron chi connectivity index (χ3n) is 4.35. The number of aryl methyl sites for hydroxylation is 3. The molecule has 9 nitrogen and oxygen atoms in total. The molecule has 3 aromatic rings. The van der Waals surface area contributed by atoms with Gasteiger partial charge in [-0.25, -0.2) is 0 Å². The fourth-order valence-electron chi connectivity index (χ4n) is 3.07. The van der Waals surface area contributed by atoms with E-state index < -0.39 is 4.92 Å². The fraction of sp³-hybridized carbons (Fsp3) is 0.389. The Bertz CT molecular complexity index is 990. The van der Waals surface area contributed by atoms with E-state index in [1.54, 1.807) is 16.9 Å². The number of benzene rings is 1. The number of nitro benzene ring substituents is 1. The number of aromatic nitrogens is 4. The van der Waals surface area contributed by atoms with Gasteiger partial charge < -0.3 is 5.32 Å². The van der Waals surface area contributed by atoms with Crippen LogP contribution < -0.4 is 5.32 Å². The van der Waals surface area contributed by atoms with Gasteiger partial charge >= 0.3 is 0 Å². The minimum atomic E-state index is -0.440. The van der Waals surface area contributed by atoms with Crippen molar-refractivity contribution in [2.24, 2.45) is 0 Å². The number of carbonyl (C=O) groups excluding carboxylic acids is 1. The Morgan fingerprint density at radius 2 is 2.07 bits per heavy atom. The van der Waals surface area contributed by atoms with Gasteiger partial charge in [0, 0.05) is 35.7 Å².